The van der Waals surface area contributed by atoms with Crippen LogP contribution in [0.25, 0.3) is 0 Å². The van der Waals surface area contributed by atoms with E-state index in [0.717, 1.165) is 42.6 Å². The Bertz CT molecular complexity index is 1400. The number of aromatic amines is 1. The molecule has 4 atom stereocenters. The highest BCUT2D eigenvalue weighted by Gasteiger charge is 2.38. The monoisotopic (exact) mass is 673 g/mol. The maximum atomic E-state index is 14.2. The third-order valence-corrected chi connectivity index (χ3v) is 10.8. The molecule has 3 amide bonds. The Morgan fingerprint density at radius 1 is 1.11 bits per heavy atom. The summed E-state index contributed by atoms with van der Waals surface area (Å²) < 4.78 is 29.7. The first kappa shape index (κ1) is 36.4. The average Bonchev–Trinajstić information content (AvgIpc) is 3.71. The van der Waals surface area contributed by atoms with Crippen LogP contribution in [0.5, 0.6) is 0 Å². The minimum Gasteiger partial charge on any atom is -0.436 e. The van der Waals surface area contributed by atoms with Crippen molar-refractivity contribution >= 4 is 27.7 Å². The summed E-state index contributed by atoms with van der Waals surface area (Å²) in [6.45, 7) is 4.18. The van der Waals surface area contributed by atoms with Crippen molar-refractivity contribution in [3.8, 4) is 0 Å². The molecule has 47 heavy (non-hydrogen) atoms. The molecule has 13 heteroatoms. The van der Waals surface area contributed by atoms with E-state index in [0.29, 0.717) is 30.4 Å². The number of aliphatic hydroxyl groups is 1. The number of hydrogen-bond donors (Lipinski definition) is 3. The zero-order valence-corrected chi connectivity index (χ0v) is 28.7. The van der Waals surface area contributed by atoms with Crippen molar-refractivity contribution < 1.29 is 32.6 Å². The molecule has 1 aromatic heterocycles. The van der Waals surface area contributed by atoms with Crippen LogP contribution in [0, 0.1) is 11.8 Å². The van der Waals surface area contributed by atoms with Crippen LogP contribution in [0.2, 0.25) is 0 Å². The normalized spacial score (nSPS) is 19.1. The Kier molecular flexibility index (Phi) is 13.2. The number of nitrogens with zero attached hydrogens (tertiary/aromatic N) is 3. The molecule has 2 fully saturated rings. The van der Waals surface area contributed by atoms with Crippen LogP contribution in [0.3, 0.4) is 0 Å². The molecule has 3 N–H and O–H groups in total. The Hall–Kier alpha value is -3.45. The maximum absolute atomic E-state index is 14.2. The highest BCUT2D eigenvalue weighted by Crippen LogP contribution is 2.29. The summed E-state index contributed by atoms with van der Waals surface area (Å²) in [4.78, 5) is 50.9. The number of aromatic nitrogens is 2. The Labute approximate surface area is 278 Å². The lowest BCUT2D eigenvalue weighted by Crippen LogP contribution is -2.56. The molecule has 1 aliphatic heterocycles. The molecular formula is C34H51N5O7S. The van der Waals surface area contributed by atoms with E-state index in [1.807, 2.05) is 6.07 Å². The van der Waals surface area contributed by atoms with Crippen LogP contribution in [0.4, 0.5) is 4.79 Å². The zero-order valence-electron chi connectivity index (χ0n) is 27.8. The molecule has 1 saturated heterocycles. The third kappa shape index (κ3) is 11.1. The molecule has 1 aliphatic carbocycles. The number of carbonyl (C=O) groups excluding carboxylic acids is 3. The minimum absolute atomic E-state index is 0.0182. The first-order valence-electron chi connectivity index (χ1n) is 16.8. The SMILES string of the molecule is CC(C)CC[C@H](O)[C@H](CC1CCCCC1)NC(=O)[C@H](Cc1cnc[nH]1)N(C)C(=O)[C@H](Cc1ccccc1)OC(=O)N1CCS(=O)(=O)C1. The quantitative estimate of drug-likeness (QED) is 0.259. The molecule has 0 radical (unpaired) electrons. The number of nitrogens with one attached hydrogen (secondary N) is 2. The summed E-state index contributed by atoms with van der Waals surface area (Å²) in [6, 6.07) is 7.56. The lowest BCUT2D eigenvalue weighted by Gasteiger charge is -2.34. The van der Waals surface area contributed by atoms with Crippen LogP contribution >= 0.6 is 0 Å². The van der Waals surface area contributed by atoms with E-state index in [1.165, 1.54) is 24.7 Å². The number of aliphatic hydroxyl groups excluding tert-OH is 1. The summed E-state index contributed by atoms with van der Waals surface area (Å²) in [5, 5.41) is 14.4. The second kappa shape index (κ2) is 17.1. The van der Waals surface area contributed by atoms with Crippen LogP contribution < -0.4 is 5.32 Å². The van der Waals surface area contributed by atoms with Crippen molar-refractivity contribution in [2.24, 2.45) is 11.8 Å². The van der Waals surface area contributed by atoms with Gasteiger partial charge >= 0.3 is 6.09 Å². The fraction of sp³-hybridized carbons (Fsp3) is 0.647. The maximum Gasteiger partial charge on any atom is 0.411 e. The number of imidazole rings is 1. The topological polar surface area (TPSA) is 162 Å². The highest BCUT2D eigenvalue weighted by atomic mass is 32.2. The fourth-order valence-corrected chi connectivity index (χ4v) is 7.77. The predicted octanol–water partition coefficient (Wildman–Crippen LogP) is 3.47. The van der Waals surface area contributed by atoms with Gasteiger partial charge in [-0.05, 0) is 36.7 Å². The average molecular weight is 674 g/mol. The zero-order chi connectivity index (χ0) is 34.0. The van der Waals surface area contributed by atoms with Gasteiger partial charge in [0.05, 0.1) is 24.2 Å². The van der Waals surface area contributed by atoms with Crippen molar-refractivity contribution in [1.29, 1.82) is 0 Å². The molecule has 260 valence electrons. The van der Waals surface area contributed by atoms with Gasteiger partial charge in [-0.1, -0.05) is 76.3 Å². The van der Waals surface area contributed by atoms with Gasteiger partial charge in [-0.3, -0.25) is 14.5 Å². The molecule has 2 heterocycles. The van der Waals surface area contributed by atoms with Crippen LogP contribution in [0.1, 0.15) is 76.5 Å². The van der Waals surface area contributed by atoms with Gasteiger partial charge in [0.2, 0.25) is 5.91 Å². The number of carbonyl (C=O) groups is 3. The molecular weight excluding hydrogens is 622 g/mol. The van der Waals surface area contributed by atoms with Crippen molar-refractivity contribution in [2.45, 2.75) is 102 Å². The van der Waals surface area contributed by atoms with Gasteiger partial charge in [0, 0.05) is 38.3 Å². The summed E-state index contributed by atoms with van der Waals surface area (Å²) in [5.41, 5.74) is 1.37. The Morgan fingerprint density at radius 3 is 2.45 bits per heavy atom. The molecule has 0 bridgehead atoms. The number of likely N-dealkylation sites (N-methyl/N-ethyl adjacent to an activating group) is 1. The molecule has 0 unspecified atom stereocenters. The first-order chi connectivity index (χ1) is 22.4. The smallest absolute Gasteiger partial charge is 0.411 e. The standard InChI is InChI=1S/C34H51N5O7S/c1-24(2)14-15-30(40)28(18-25-10-6-4-7-11-25)37-32(41)29(20-27-21-35-22-36-27)38(3)33(42)31(19-26-12-8-5-9-13-26)46-34(43)39-16-17-47(44,45)23-39/h5,8-9,12-13,21-22,24-25,28-31,40H,4,6-7,10-11,14-20,23H2,1-3H3,(H,35,36)(H,37,41)/t28-,29-,30-,31-/m0/s1. The Morgan fingerprint density at radius 2 is 1.83 bits per heavy atom. The van der Waals surface area contributed by atoms with Crippen LogP contribution in [-0.4, -0.2) is 101 Å². The molecule has 4 rings (SSSR count). The number of hydrogen-bond acceptors (Lipinski definition) is 8. The second-order valence-electron chi connectivity index (χ2n) is 13.5. The van der Waals surface area contributed by atoms with Gasteiger partial charge in [0.15, 0.2) is 15.9 Å². The molecule has 0 spiro atoms. The van der Waals surface area contributed by atoms with Gasteiger partial charge in [-0.15, -0.1) is 0 Å². The summed E-state index contributed by atoms with van der Waals surface area (Å²) in [5.74, 6) is -0.866. The second-order valence-corrected chi connectivity index (χ2v) is 15.7. The third-order valence-electron chi connectivity index (χ3n) is 9.30. The summed E-state index contributed by atoms with van der Waals surface area (Å²) in [7, 11) is -1.92. The minimum atomic E-state index is -3.42. The number of benzene rings is 1. The summed E-state index contributed by atoms with van der Waals surface area (Å²) >= 11 is 0. The largest absolute Gasteiger partial charge is 0.436 e. The van der Waals surface area contributed by atoms with Crippen LogP contribution in [0.15, 0.2) is 42.9 Å². The van der Waals surface area contributed by atoms with Crippen LogP contribution in [-0.2, 0) is 37.0 Å². The van der Waals surface area contributed by atoms with Crippen molar-refractivity contribution in [3.63, 3.8) is 0 Å². The first-order valence-corrected chi connectivity index (χ1v) is 18.7. The number of rotatable bonds is 15. The van der Waals surface area contributed by atoms with Crippen molar-refractivity contribution in [2.75, 3.05) is 25.2 Å². The van der Waals surface area contributed by atoms with E-state index < -0.39 is 57.9 Å². The molecule has 2 aromatic rings. The lowest BCUT2D eigenvalue weighted by molar-refractivity contribution is -0.146. The molecule has 1 saturated carbocycles. The van der Waals surface area contributed by atoms with Gasteiger partial charge in [-0.25, -0.2) is 18.2 Å². The summed E-state index contributed by atoms with van der Waals surface area (Å²) in [6.07, 6.45) is 7.91. The Balaban J connectivity index is 1.57. The van der Waals surface area contributed by atoms with Gasteiger partial charge in [0.25, 0.3) is 5.91 Å². The van der Waals surface area contributed by atoms with E-state index in [-0.39, 0.29) is 25.1 Å². The fourth-order valence-electron chi connectivity index (χ4n) is 6.43. The van der Waals surface area contributed by atoms with E-state index >= 15 is 0 Å². The van der Waals surface area contributed by atoms with E-state index in [2.05, 4.69) is 29.1 Å². The molecule has 12 nitrogen and oxygen atoms in total. The van der Waals surface area contributed by atoms with E-state index in [1.54, 1.807) is 30.5 Å². The highest BCUT2D eigenvalue weighted by molar-refractivity contribution is 7.91. The van der Waals surface area contributed by atoms with E-state index in [4.69, 9.17) is 4.74 Å². The molecule has 2 aliphatic rings. The van der Waals surface area contributed by atoms with Gasteiger partial charge in [0.1, 0.15) is 11.9 Å². The van der Waals surface area contributed by atoms with Gasteiger partial charge in [-0.2, -0.15) is 0 Å². The van der Waals surface area contributed by atoms with Crippen molar-refractivity contribution in [3.05, 3.63) is 54.1 Å². The number of H-pyrrole nitrogens is 1. The number of ether oxygens (including phenoxy) is 1. The lowest BCUT2D eigenvalue weighted by atomic mass is 9.83. The molecule has 1 aromatic carbocycles. The van der Waals surface area contributed by atoms with E-state index in [9.17, 15) is 27.9 Å². The number of sulfone groups is 1. The number of amides is 3. The van der Waals surface area contributed by atoms with Gasteiger partial charge < -0.3 is 25.0 Å². The predicted molar refractivity (Wildman–Crippen MR) is 178 cm³/mol. The van der Waals surface area contributed by atoms with Crippen molar-refractivity contribution in [1.82, 2.24) is 25.1 Å².